The number of methoxy groups -OCH3 is 1. The fraction of sp³-hybridized carbons (Fsp3) is 0.240. The molecular weight excluding hydrogens is 568 g/mol. The summed E-state index contributed by atoms with van der Waals surface area (Å²) in [6.07, 6.45) is 1.60. The Kier molecular flexibility index (Phi) is 7.10. The number of Topliss-reactive ketones (excluding diaryl/α,β-unsaturated/α-hetero) is 1. The molecule has 4 rings (SSSR count). The van der Waals surface area contributed by atoms with Gasteiger partial charge in [-0.05, 0) is 62.0 Å². The van der Waals surface area contributed by atoms with E-state index >= 15 is 0 Å². The summed E-state index contributed by atoms with van der Waals surface area (Å²) in [4.78, 5) is 25.6. The highest BCUT2D eigenvalue weighted by atomic mass is 79.9. The van der Waals surface area contributed by atoms with E-state index in [0.29, 0.717) is 56.4 Å². The van der Waals surface area contributed by atoms with Crippen LogP contribution in [0.1, 0.15) is 41.9 Å². The van der Waals surface area contributed by atoms with Gasteiger partial charge in [0.05, 0.1) is 33.6 Å². The molecule has 2 aromatic rings. The second-order valence-corrected chi connectivity index (χ2v) is 9.50. The van der Waals surface area contributed by atoms with E-state index in [2.05, 4.69) is 37.9 Å². The van der Waals surface area contributed by atoms with Gasteiger partial charge in [0.2, 0.25) is 5.88 Å². The molecule has 2 N–H and O–H groups in total. The van der Waals surface area contributed by atoms with Crippen LogP contribution in [0.5, 0.6) is 5.75 Å². The number of ether oxygens (including phenoxy) is 3. The first kappa shape index (κ1) is 24.0. The number of allylic oxidation sites excluding steroid dienone is 2. The first-order chi connectivity index (χ1) is 16.3. The highest BCUT2D eigenvalue weighted by molar-refractivity contribution is 9.11. The van der Waals surface area contributed by atoms with E-state index in [1.165, 1.54) is 7.11 Å². The van der Waals surface area contributed by atoms with Crippen LogP contribution in [0.15, 0.2) is 68.1 Å². The van der Waals surface area contributed by atoms with Crippen molar-refractivity contribution in [1.82, 2.24) is 0 Å². The van der Waals surface area contributed by atoms with E-state index in [-0.39, 0.29) is 23.8 Å². The van der Waals surface area contributed by atoms with Crippen LogP contribution in [-0.4, -0.2) is 18.9 Å². The molecule has 2 aliphatic rings. The van der Waals surface area contributed by atoms with Gasteiger partial charge in [-0.1, -0.05) is 18.2 Å². The molecule has 174 valence electrons. The molecule has 1 heterocycles. The summed E-state index contributed by atoms with van der Waals surface area (Å²) in [7, 11) is 1.26. The molecule has 2 aromatic carbocycles. The average molecular weight is 588 g/mol. The van der Waals surface area contributed by atoms with Gasteiger partial charge in [-0.3, -0.25) is 4.79 Å². The van der Waals surface area contributed by atoms with Crippen molar-refractivity contribution in [3.05, 3.63) is 84.8 Å². The van der Waals surface area contributed by atoms with E-state index < -0.39 is 11.9 Å². The zero-order valence-corrected chi connectivity index (χ0v) is 21.4. The zero-order chi connectivity index (χ0) is 24.4. The fourth-order valence-electron chi connectivity index (χ4n) is 4.19. The lowest BCUT2D eigenvalue weighted by molar-refractivity contribution is -0.136. The number of carbonyl (C=O) groups is 2. The lowest BCUT2D eigenvalue weighted by Gasteiger charge is -2.32. The Morgan fingerprint density at radius 3 is 2.62 bits per heavy atom. The maximum absolute atomic E-state index is 12.9. The quantitative estimate of drug-likeness (QED) is 0.483. The molecule has 1 aliphatic carbocycles. The van der Waals surface area contributed by atoms with Crippen LogP contribution >= 0.6 is 31.9 Å². The van der Waals surface area contributed by atoms with Gasteiger partial charge in [-0.25, -0.2) is 4.79 Å². The number of rotatable bonds is 5. The minimum Gasteiger partial charge on any atom is -0.486 e. The Morgan fingerprint density at radius 1 is 1.24 bits per heavy atom. The third-order valence-electron chi connectivity index (χ3n) is 5.75. The van der Waals surface area contributed by atoms with Gasteiger partial charge in [0.25, 0.3) is 0 Å². The Bertz CT molecular complexity index is 1270. The molecule has 0 radical (unpaired) electrons. The van der Waals surface area contributed by atoms with Gasteiger partial charge in [-0.2, -0.15) is 5.26 Å². The summed E-state index contributed by atoms with van der Waals surface area (Å²) in [5.41, 5.74) is 8.57. The second-order valence-electron chi connectivity index (χ2n) is 7.79. The normalized spacial score (nSPS) is 17.6. The van der Waals surface area contributed by atoms with Crippen LogP contribution in [0.2, 0.25) is 0 Å². The SMILES string of the molecule is COC(=O)C1=C(N)OC2=C(C(=O)CCC2)[C@H]1c1cc(Br)c(OCc2ccccc2C#N)c(Br)c1. The third-order valence-corrected chi connectivity index (χ3v) is 6.93. The van der Waals surface area contributed by atoms with E-state index in [1.54, 1.807) is 24.3 Å². The number of benzene rings is 2. The van der Waals surface area contributed by atoms with Gasteiger partial charge in [0, 0.05) is 24.0 Å². The molecule has 0 fully saturated rings. The highest BCUT2D eigenvalue weighted by Crippen LogP contribution is 2.47. The molecule has 0 saturated heterocycles. The van der Waals surface area contributed by atoms with Crippen molar-refractivity contribution in [3.8, 4) is 11.8 Å². The summed E-state index contributed by atoms with van der Waals surface area (Å²) in [6.45, 7) is 0.186. The predicted octanol–water partition coefficient (Wildman–Crippen LogP) is 5.13. The number of carbonyl (C=O) groups excluding carboxylic acids is 2. The molecule has 0 spiro atoms. The van der Waals surface area contributed by atoms with Crippen LogP contribution in [0.25, 0.3) is 0 Å². The smallest absolute Gasteiger partial charge is 0.340 e. The number of hydrogen-bond donors (Lipinski definition) is 1. The first-order valence-electron chi connectivity index (χ1n) is 10.5. The van der Waals surface area contributed by atoms with Crippen LogP contribution in [-0.2, 0) is 25.7 Å². The van der Waals surface area contributed by atoms with Crippen molar-refractivity contribution in [2.75, 3.05) is 7.11 Å². The Balaban J connectivity index is 1.74. The van der Waals surface area contributed by atoms with Crippen molar-refractivity contribution < 1.29 is 23.8 Å². The molecule has 9 heteroatoms. The van der Waals surface area contributed by atoms with Crippen LogP contribution in [0.3, 0.4) is 0 Å². The first-order valence-corrected chi connectivity index (χ1v) is 12.1. The van der Waals surface area contributed by atoms with Gasteiger partial charge in [0.15, 0.2) is 5.78 Å². The number of nitrogens with zero attached hydrogens (tertiary/aromatic N) is 1. The van der Waals surface area contributed by atoms with Crippen LogP contribution < -0.4 is 10.5 Å². The monoisotopic (exact) mass is 586 g/mol. The molecule has 34 heavy (non-hydrogen) atoms. The lowest BCUT2D eigenvalue weighted by atomic mass is 9.77. The van der Waals surface area contributed by atoms with Gasteiger partial charge in [-0.15, -0.1) is 0 Å². The van der Waals surface area contributed by atoms with Gasteiger partial charge in [0.1, 0.15) is 23.7 Å². The van der Waals surface area contributed by atoms with Crippen LogP contribution in [0.4, 0.5) is 0 Å². The Morgan fingerprint density at radius 2 is 1.94 bits per heavy atom. The predicted molar refractivity (Wildman–Crippen MR) is 130 cm³/mol. The number of ketones is 1. The molecule has 0 unspecified atom stereocenters. The fourth-order valence-corrected chi connectivity index (χ4v) is 5.64. The molecule has 0 saturated carbocycles. The Hall–Kier alpha value is -3.09. The minimum absolute atomic E-state index is 0.0639. The number of nitriles is 1. The minimum atomic E-state index is -0.732. The van der Waals surface area contributed by atoms with E-state index in [1.807, 2.05) is 12.1 Å². The Labute approximate surface area is 213 Å². The van der Waals surface area contributed by atoms with Gasteiger partial charge < -0.3 is 19.9 Å². The van der Waals surface area contributed by atoms with Gasteiger partial charge >= 0.3 is 5.97 Å². The summed E-state index contributed by atoms with van der Waals surface area (Å²) in [5, 5.41) is 9.31. The zero-order valence-electron chi connectivity index (χ0n) is 18.2. The molecule has 7 nitrogen and oxygen atoms in total. The van der Waals surface area contributed by atoms with Crippen molar-refractivity contribution in [3.63, 3.8) is 0 Å². The van der Waals surface area contributed by atoms with E-state index in [0.717, 1.165) is 5.56 Å². The molecule has 1 aliphatic heterocycles. The van der Waals surface area contributed by atoms with Crippen molar-refractivity contribution >= 4 is 43.6 Å². The van der Waals surface area contributed by atoms with Crippen LogP contribution in [0, 0.1) is 11.3 Å². The number of hydrogen-bond acceptors (Lipinski definition) is 7. The molecule has 0 amide bonds. The third kappa shape index (κ3) is 4.48. The summed E-state index contributed by atoms with van der Waals surface area (Å²) >= 11 is 7.10. The molecular formula is C25H20Br2N2O5. The second kappa shape index (κ2) is 10.0. The summed E-state index contributed by atoms with van der Waals surface area (Å²) < 4.78 is 17.8. The number of halogens is 2. The average Bonchev–Trinajstić information content (AvgIpc) is 2.82. The van der Waals surface area contributed by atoms with Crippen molar-refractivity contribution in [2.45, 2.75) is 31.8 Å². The topological polar surface area (TPSA) is 112 Å². The summed E-state index contributed by atoms with van der Waals surface area (Å²) in [6, 6.07) is 12.9. The molecule has 1 atom stereocenters. The maximum Gasteiger partial charge on any atom is 0.340 e. The van der Waals surface area contributed by atoms with Crippen molar-refractivity contribution in [2.24, 2.45) is 5.73 Å². The standard InChI is InChI=1S/C25H20Br2N2O5/c1-32-25(31)22-20(21-18(30)7-4-8-19(21)34-24(22)29)15-9-16(26)23(17(27)10-15)33-12-14-6-3-2-5-13(14)11-28/h2-3,5-6,9-10,20H,4,7-8,12,29H2,1H3/t20-/m1/s1. The maximum atomic E-state index is 12.9. The highest BCUT2D eigenvalue weighted by Gasteiger charge is 2.41. The van der Waals surface area contributed by atoms with E-state index in [4.69, 9.17) is 19.9 Å². The summed E-state index contributed by atoms with van der Waals surface area (Å²) in [5.74, 6) is -0.527. The number of esters is 1. The number of nitrogens with two attached hydrogens (primary N) is 1. The molecule has 0 bridgehead atoms. The van der Waals surface area contributed by atoms with Crippen molar-refractivity contribution in [1.29, 1.82) is 5.26 Å². The lowest BCUT2D eigenvalue weighted by Crippen LogP contribution is -2.31. The molecule has 0 aromatic heterocycles. The largest absolute Gasteiger partial charge is 0.486 e. The van der Waals surface area contributed by atoms with E-state index in [9.17, 15) is 14.9 Å².